The summed E-state index contributed by atoms with van der Waals surface area (Å²) < 4.78 is 5.44. The number of nitrogens with one attached hydrogen (secondary N) is 1. The lowest BCUT2D eigenvalue weighted by Crippen LogP contribution is -2.61. The average molecular weight is 256 g/mol. The van der Waals surface area contributed by atoms with E-state index in [9.17, 15) is 0 Å². The fourth-order valence-corrected chi connectivity index (χ4v) is 3.06. The zero-order valence-corrected chi connectivity index (χ0v) is 12.9. The van der Waals surface area contributed by atoms with Crippen LogP contribution in [0.5, 0.6) is 0 Å². The highest BCUT2D eigenvalue weighted by molar-refractivity contribution is 4.90. The maximum absolute atomic E-state index is 5.44. The number of ether oxygens (including phenoxy) is 1. The number of hydrogen-bond acceptors (Lipinski definition) is 3. The molecule has 1 aliphatic heterocycles. The van der Waals surface area contributed by atoms with Crippen LogP contribution in [-0.2, 0) is 4.74 Å². The minimum atomic E-state index is 0.557. The van der Waals surface area contributed by atoms with Crippen molar-refractivity contribution >= 4 is 0 Å². The molecular formula is C15H32N2O. The molecule has 18 heavy (non-hydrogen) atoms. The van der Waals surface area contributed by atoms with Gasteiger partial charge in [0, 0.05) is 38.3 Å². The summed E-state index contributed by atoms with van der Waals surface area (Å²) >= 11 is 0. The third-order valence-corrected chi connectivity index (χ3v) is 4.18. The third kappa shape index (κ3) is 4.22. The Bertz CT molecular complexity index is 221. The predicted octanol–water partition coefficient (Wildman–Crippen LogP) is 2.51. The van der Waals surface area contributed by atoms with Gasteiger partial charge in [-0.15, -0.1) is 0 Å². The first-order chi connectivity index (χ1) is 8.63. The first-order valence-corrected chi connectivity index (χ1v) is 7.62. The molecule has 0 bridgehead atoms. The molecule has 1 heterocycles. The van der Waals surface area contributed by atoms with Gasteiger partial charge in [-0.3, -0.25) is 4.90 Å². The Hall–Kier alpha value is -0.120. The molecule has 0 aromatic heterocycles. The molecule has 1 rings (SSSR count). The summed E-state index contributed by atoms with van der Waals surface area (Å²) in [6.45, 7) is 12.4. The molecule has 0 saturated carbocycles. The van der Waals surface area contributed by atoms with E-state index in [0.717, 1.165) is 13.2 Å². The van der Waals surface area contributed by atoms with Gasteiger partial charge in [-0.25, -0.2) is 0 Å². The second kappa shape index (κ2) is 8.13. The van der Waals surface area contributed by atoms with Crippen molar-refractivity contribution < 1.29 is 4.74 Å². The van der Waals surface area contributed by atoms with Crippen molar-refractivity contribution in [3.63, 3.8) is 0 Å². The van der Waals surface area contributed by atoms with Crippen molar-refractivity contribution in [2.24, 2.45) is 5.92 Å². The van der Waals surface area contributed by atoms with E-state index in [1.165, 1.54) is 25.8 Å². The minimum Gasteiger partial charge on any atom is -0.383 e. The lowest BCUT2D eigenvalue weighted by molar-refractivity contribution is 0.00990. The van der Waals surface area contributed by atoms with E-state index in [0.29, 0.717) is 24.0 Å². The normalized spacial score (nSPS) is 27.7. The zero-order valence-electron chi connectivity index (χ0n) is 12.9. The summed E-state index contributed by atoms with van der Waals surface area (Å²) in [4.78, 5) is 2.70. The lowest BCUT2D eigenvalue weighted by atomic mass is 9.96. The van der Waals surface area contributed by atoms with Gasteiger partial charge >= 0.3 is 0 Å². The van der Waals surface area contributed by atoms with Crippen molar-refractivity contribution in [3.05, 3.63) is 0 Å². The zero-order chi connectivity index (χ0) is 13.5. The highest BCUT2D eigenvalue weighted by Crippen LogP contribution is 2.21. The Morgan fingerprint density at radius 2 is 2.06 bits per heavy atom. The fraction of sp³-hybridized carbons (Fsp3) is 1.00. The molecule has 1 saturated heterocycles. The summed E-state index contributed by atoms with van der Waals surface area (Å²) in [6.07, 6.45) is 3.77. The van der Waals surface area contributed by atoms with Crippen LogP contribution in [0.4, 0.5) is 0 Å². The molecule has 0 aromatic carbocycles. The van der Waals surface area contributed by atoms with E-state index in [1.807, 2.05) is 7.11 Å². The number of rotatable bonds is 7. The summed E-state index contributed by atoms with van der Waals surface area (Å²) in [5, 5.41) is 3.70. The quantitative estimate of drug-likeness (QED) is 0.757. The molecule has 1 N–H and O–H groups in total. The van der Waals surface area contributed by atoms with Crippen LogP contribution in [0.1, 0.15) is 47.0 Å². The monoisotopic (exact) mass is 256 g/mol. The maximum Gasteiger partial charge on any atom is 0.0620 e. The van der Waals surface area contributed by atoms with Crippen LogP contribution >= 0.6 is 0 Å². The van der Waals surface area contributed by atoms with Crippen LogP contribution in [0.15, 0.2) is 0 Å². The Morgan fingerprint density at radius 1 is 1.33 bits per heavy atom. The molecule has 1 fully saturated rings. The van der Waals surface area contributed by atoms with Gasteiger partial charge in [0.25, 0.3) is 0 Å². The maximum atomic E-state index is 5.44. The van der Waals surface area contributed by atoms with Crippen LogP contribution in [0.3, 0.4) is 0 Å². The fourth-order valence-electron chi connectivity index (χ4n) is 3.06. The molecule has 108 valence electrons. The summed E-state index contributed by atoms with van der Waals surface area (Å²) in [5.41, 5.74) is 0. The van der Waals surface area contributed by atoms with Crippen LogP contribution in [0.2, 0.25) is 0 Å². The molecule has 3 atom stereocenters. The van der Waals surface area contributed by atoms with Gasteiger partial charge in [0.05, 0.1) is 6.61 Å². The standard InChI is InChI=1S/C15H32N2O/c1-6-8-13-10-17(14(7-2)9-16-13)15(11-18-5)12(3)4/h12-16H,6-11H2,1-5H3. The Balaban J connectivity index is 2.70. The summed E-state index contributed by atoms with van der Waals surface area (Å²) in [6, 6.07) is 1.89. The number of nitrogens with zero attached hydrogens (tertiary/aromatic N) is 1. The van der Waals surface area contributed by atoms with Crippen LogP contribution in [0.25, 0.3) is 0 Å². The predicted molar refractivity (Wildman–Crippen MR) is 78.0 cm³/mol. The SMILES string of the molecule is CCCC1CN(C(COC)C(C)C)C(CC)CN1. The van der Waals surface area contributed by atoms with Crippen molar-refractivity contribution in [2.75, 3.05) is 26.8 Å². The van der Waals surface area contributed by atoms with E-state index in [2.05, 4.69) is 37.9 Å². The third-order valence-electron chi connectivity index (χ3n) is 4.18. The first kappa shape index (κ1) is 15.9. The van der Waals surface area contributed by atoms with Gasteiger partial charge in [-0.2, -0.15) is 0 Å². The Kier molecular flexibility index (Phi) is 7.20. The Morgan fingerprint density at radius 3 is 2.56 bits per heavy atom. The van der Waals surface area contributed by atoms with Gasteiger partial charge in [0.2, 0.25) is 0 Å². The van der Waals surface area contributed by atoms with E-state index in [1.54, 1.807) is 0 Å². The molecule has 1 aliphatic rings. The number of methoxy groups -OCH3 is 1. The molecule has 0 aliphatic carbocycles. The van der Waals surface area contributed by atoms with E-state index < -0.39 is 0 Å². The second-order valence-electron chi connectivity index (χ2n) is 5.92. The van der Waals surface area contributed by atoms with Gasteiger partial charge in [-0.05, 0) is 18.8 Å². The van der Waals surface area contributed by atoms with Crippen LogP contribution in [-0.4, -0.2) is 49.8 Å². The van der Waals surface area contributed by atoms with Crippen LogP contribution < -0.4 is 5.32 Å². The molecule has 0 radical (unpaired) electrons. The van der Waals surface area contributed by atoms with E-state index in [-0.39, 0.29) is 0 Å². The summed E-state index contributed by atoms with van der Waals surface area (Å²) in [5.74, 6) is 0.652. The van der Waals surface area contributed by atoms with E-state index in [4.69, 9.17) is 4.74 Å². The van der Waals surface area contributed by atoms with Gasteiger partial charge in [-0.1, -0.05) is 34.1 Å². The van der Waals surface area contributed by atoms with Gasteiger partial charge in [0.15, 0.2) is 0 Å². The first-order valence-electron chi connectivity index (χ1n) is 7.62. The minimum absolute atomic E-state index is 0.557. The smallest absolute Gasteiger partial charge is 0.0620 e. The van der Waals surface area contributed by atoms with Gasteiger partial charge in [0.1, 0.15) is 0 Å². The highest BCUT2D eigenvalue weighted by atomic mass is 16.5. The van der Waals surface area contributed by atoms with Crippen molar-refractivity contribution in [3.8, 4) is 0 Å². The topological polar surface area (TPSA) is 24.5 Å². The highest BCUT2D eigenvalue weighted by Gasteiger charge is 2.32. The van der Waals surface area contributed by atoms with E-state index >= 15 is 0 Å². The lowest BCUT2D eigenvalue weighted by Gasteiger charge is -2.45. The molecular weight excluding hydrogens is 224 g/mol. The molecule has 3 heteroatoms. The number of hydrogen-bond donors (Lipinski definition) is 1. The molecule has 3 unspecified atom stereocenters. The molecule has 0 amide bonds. The largest absolute Gasteiger partial charge is 0.383 e. The number of piperazine rings is 1. The molecule has 0 aromatic rings. The molecule has 0 spiro atoms. The van der Waals surface area contributed by atoms with Crippen molar-refractivity contribution in [1.82, 2.24) is 10.2 Å². The average Bonchev–Trinajstić information content (AvgIpc) is 2.36. The van der Waals surface area contributed by atoms with Crippen LogP contribution in [0, 0.1) is 5.92 Å². The van der Waals surface area contributed by atoms with Crippen molar-refractivity contribution in [2.45, 2.75) is 65.1 Å². The van der Waals surface area contributed by atoms with Crippen molar-refractivity contribution in [1.29, 1.82) is 0 Å². The Labute approximate surface area is 113 Å². The van der Waals surface area contributed by atoms with Gasteiger partial charge < -0.3 is 10.1 Å². The second-order valence-corrected chi connectivity index (χ2v) is 5.92. The summed E-state index contributed by atoms with van der Waals surface area (Å²) in [7, 11) is 1.82. The molecule has 3 nitrogen and oxygen atoms in total.